The van der Waals surface area contributed by atoms with Gasteiger partial charge in [0.2, 0.25) is 10.0 Å². The molecule has 0 aromatic heterocycles. The lowest BCUT2D eigenvalue weighted by atomic mass is 10.5. The van der Waals surface area contributed by atoms with E-state index in [4.69, 9.17) is 5.73 Å². The first-order valence-corrected chi connectivity index (χ1v) is 5.61. The molecule has 1 atom stereocenters. The van der Waals surface area contributed by atoms with Crippen molar-refractivity contribution in [3.05, 3.63) is 0 Å². The van der Waals surface area contributed by atoms with E-state index in [2.05, 4.69) is 21.7 Å². The molecule has 0 aliphatic rings. The van der Waals surface area contributed by atoms with E-state index >= 15 is 0 Å². The molecule has 0 amide bonds. The van der Waals surface area contributed by atoms with E-state index in [1.165, 1.54) is 6.92 Å². The number of esters is 1. The molecule has 3 N–H and O–H groups in total. The second-order valence-electron chi connectivity index (χ2n) is 2.50. The molecule has 82 valence electrons. The second kappa shape index (κ2) is 5.23. The Balaban J connectivity index is 4.47. The number of carbonyl (C=O) groups excluding carboxylic acids is 1. The number of hydrogen-bond acceptors (Lipinski definition) is 5. The Morgan fingerprint density at radius 1 is 1.64 bits per heavy atom. The van der Waals surface area contributed by atoms with Crippen molar-refractivity contribution in [2.24, 2.45) is 5.73 Å². The summed E-state index contributed by atoms with van der Waals surface area (Å²) in [6, 6.07) is 0. The van der Waals surface area contributed by atoms with Gasteiger partial charge >= 0.3 is 5.97 Å². The number of methoxy groups -OCH3 is 1. The Kier molecular flexibility index (Phi) is 4.95. The largest absolute Gasteiger partial charge is 0.468 e. The molecule has 0 rings (SSSR count). The molecule has 0 aromatic carbocycles. The fraction of sp³-hybridized carbons (Fsp3) is 0.667. The van der Waals surface area contributed by atoms with Gasteiger partial charge < -0.3 is 10.5 Å². The van der Waals surface area contributed by atoms with Crippen LogP contribution in [0.1, 0.15) is 6.92 Å². The van der Waals surface area contributed by atoms with Crippen molar-refractivity contribution < 1.29 is 17.9 Å². The normalized spacial score (nSPS) is 13.3. The van der Waals surface area contributed by atoms with Crippen molar-refractivity contribution in [3.63, 3.8) is 0 Å². The van der Waals surface area contributed by atoms with Crippen molar-refractivity contribution in [3.8, 4) is 0 Å². The topological polar surface area (TPSA) is 98.5 Å². The van der Waals surface area contributed by atoms with Gasteiger partial charge in [0.05, 0.1) is 18.6 Å². The van der Waals surface area contributed by atoms with Gasteiger partial charge in [-0.05, 0) is 6.92 Å². The van der Waals surface area contributed by atoms with E-state index in [1.807, 2.05) is 0 Å². The van der Waals surface area contributed by atoms with Crippen LogP contribution in [-0.4, -0.2) is 38.3 Å². The molecule has 8 heteroatoms. The maximum absolute atomic E-state index is 11.3. The van der Waals surface area contributed by atoms with Crippen molar-refractivity contribution in [1.29, 1.82) is 0 Å². The highest BCUT2D eigenvalue weighted by molar-refractivity contribution is 7.91. The molecular weight excluding hydrogens is 228 g/mol. The van der Waals surface area contributed by atoms with Crippen LogP contribution in [0, 0.1) is 0 Å². The summed E-state index contributed by atoms with van der Waals surface area (Å²) < 4.78 is 29.0. The van der Waals surface area contributed by atoms with Gasteiger partial charge in [0.15, 0.2) is 5.25 Å². The molecule has 0 fully saturated rings. The molecular formula is C6H12N2O4S2. The maximum Gasteiger partial charge on any atom is 0.325 e. The number of ether oxygens (including phenoxy) is 1. The molecule has 14 heavy (non-hydrogen) atoms. The van der Waals surface area contributed by atoms with E-state index in [0.717, 1.165) is 7.11 Å². The van der Waals surface area contributed by atoms with E-state index in [-0.39, 0.29) is 11.5 Å². The predicted octanol–water partition coefficient (Wildman–Crippen LogP) is -1.25. The highest BCUT2D eigenvalue weighted by Gasteiger charge is 2.28. The van der Waals surface area contributed by atoms with Crippen LogP contribution in [0.25, 0.3) is 0 Å². The van der Waals surface area contributed by atoms with Gasteiger partial charge in [0.1, 0.15) is 0 Å². The molecule has 1 unspecified atom stereocenters. The molecule has 0 spiro atoms. The minimum atomic E-state index is -3.76. The number of nitrogens with two attached hydrogens (primary N) is 1. The van der Waals surface area contributed by atoms with Crippen LogP contribution in [0.15, 0.2) is 0 Å². The molecule has 0 saturated heterocycles. The molecule has 0 aliphatic heterocycles. The average Bonchev–Trinajstić information content (AvgIpc) is 2.12. The van der Waals surface area contributed by atoms with Crippen LogP contribution in [0.5, 0.6) is 0 Å². The lowest BCUT2D eigenvalue weighted by molar-refractivity contribution is -0.139. The molecule has 0 saturated carbocycles. The lowest BCUT2D eigenvalue weighted by Gasteiger charge is -2.10. The number of hydrogen-bond donors (Lipinski definition) is 2. The summed E-state index contributed by atoms with van der Waals surface area (Å²) in [5.41, 5.74) is 5.10. The fourth-order valence-corrected chi connectivity index (χ4v) is 1.71. The summed E-state index contributed by atoms with van der Waals surface area (Å²) in [5, 5.41) is -1.28. The van der Waals surface area contributed by atoms with Gasteiger partial charge in [-0.25, -0.2) is 13.1 Å². The number of sulfonamides is 1. The van der Waals surface area contributed by atoms with E-state index in [1.54, 1.807) is 0 Å². The quantitative estimate of drug-likeness (QED) is 0.460. The van der Waals surface area contributed by atoms with Gasteiger partial charge in [-0.3, -0.25) is 4.79 Å². The standard InChI is InChI=1S/C6H12N2O4S2/c1-4(6(9)12-2)14(10,11)8-3-5(7)13/h4,8H,3H2,1-2H3,(H2,7,13). The van der Waals surface area contributed by atoms with Gasteiger partial charge in [0.25, 0.3) is 0 Å². The van der Waals surface area contributed by atoms with E-state index < -0.39 is 21.2 Å². The van der Waals surface area contributed by atoms with Crippen LogP contribution in [0.4, 0.5) is 0 Å². The maximum atomic E-state index is 11.3. The van der Waals surface area contributed by atoms with Crippen LogP contribution < -0.4 is 10.5 Å². The molecule has 0 radical (unpaired) electrons. The van der Waals surface area contributed by atoms with Crippen molar-refractivity contribution >= 4 is 33.2 Å². The van der Waals surface area contributed by atoms with Gasteiger partial charge in [0, 0.05) is 0 Å². The lowest BCUT2D eigenvalue weighted by Crippen LogP contribution is -2.41. The van der Waals surface area contributed by atoms with Gasteiger partial charge in [-0.1, -0.05) is 12.2 Å². The Morgan fingerprint density at radius 3 is 2.50 bits per heavy atom. The first-order chi connectivity index (χ1) is 6.31. The third kappa shape index (κ3) is 3.99. The SMILES string of the molecule is COC(=O)C(C)S(=O)(=O)NCC(N)=S. The summed E-state index contributed by atoms with van der Waals surface area (Å²) in [7, 11) is -2.65. The first-order valence-electron chi connectivity index (χ1n) is 3.66. The summed E-state index contributed by atoms with van der Waals surface area (Å²) >= 11 is 4.48. The molecule has 0 bridgehead atoms. The summed E-state index contributed by atoms with van der Waals surface area (Å²) in [5.74, 6) is -0.833. The molecule has 0 aromatic rings. The second-order valence-corrected chi connectivity index (χ2v) is 5.11. The molecule has 0 heterocycles. The van der Waals surface area contributed by atoms with Crippen molar-refractivity contribution in [1.82, 2.24) is 4.72 Å². The van der Waals surface area contributed by atoms with Crippen LogP contribution >= 0.6 is 12.2 Å². The zero-order valence-electron chi connectivity index (χ0n) is 7.81. The number of rotatable bonds is 5. The zero-order chi connectivity index (χ0) is 11.4. The van der Waals surface area contributed by atoms with Gasteiger partial charge in [-0.2, -0.15) is 0 Å². The highest BCUT2D eigenvalue weighted by atomic mass is 32.2. The Hall–Kier alpha value is -0.730. The first kappa shape index (κ1) is 13.3. The third-order valence-corrected chi connectivity index (χ3v) is 3.26. The Bertz CT molecular complexity index is 325. The zero-order valence-corrected chi connectivity index (χ0v) is 9.44. The smallest absolute Gasteiger partial charge is 0.325 e. The van der Waals surface area contributed by atoms with E-state index in [9.17, 15) is 13.2 Å². The van der Waals surface area contributed by atoms with Crippen LogP contribution in [-0.2, 0) is 19.6 Å². The summed E-state index contributed by atoms with van der Waals surface area (Å²) in [6.45, 7) is 1.05. The van der Waals surface area contributed by atoms with Crippen molar-refractivity contribution in [2.75, 3.05) is 13.7 Å². The number of carbonyl (C=O) groups is 1. The fourth-order valence-electron chi connectivity index (χ4n) is 0.589. The van der Waals surface area contributed by atoms with Crippen molar-refractivity contribution in [2.45, 2.75) is 12.2 Å². The monoisotopic (exact) mass is 240 g/mol. The summed E-state index contributed by atoms with van der Waals surface area (Å²) in [4.78, 5) is 10.9. The minimum absolute atomic E-state index is 0.00522. The van der Waals surface area contributed by atoms with Crippen LogP contribution in [0.2, 0.25) is 0 Å². The molecule has 0 aliphatic carbocycles. The number of nitrogens with one attached hydrogen (secondary N) is 1. The molecule has 6 nitrogen and oxygen atoms in total. The number of thiocarbonyl (C=S) groups is 1. The third-order valence-electron chi connectivity index (χ3n) is 1.45. The Morgan fingerprint density at radius 2 is 2.14 bits per heavy atom. The van der Waals surface area contributed by atoms with Gasteiger partial charge in [-0.15, -0.1) is 0 Å². The summed E-state index contributed by atoms with van der Waals surface area (Å²) in [6.07, 6.45) is 0. The average molecular weight is 240 g/mol. The highest BCUT2D eigenvalue weighted by Crippen LogP contribution is 1.99. The predicted molar refractivity (Wildman–Crippen MR) is 55.2 cm³/mol. The van der Waals surface area contributed by atoms with E-state index in [0.29, 0.717) is 0 Å². The minimum Gasteiger partial charge on any atom is -0.468 e. The van der Waals surface area contributed by atoms with Crippen LogP contribution in [0.3, 0.4) is 0 Å². The Labute approximate surface area is 87.8 Å².